The Morgan fingerprint density at radius 2 is 1.60 bits per heavy atom. The smallest absolute Gasteiger partial charge is 0.318 e. The molecule has 2 amide bonds. The van der Waals surface area contributed by atoms with E-state index in [1.807, 2.05) is 54.6 Å². The van der Waals surface area contributed by atoms with Gasteiger partial charge in [0, 0.05) is 19.6 Å². The summed E-state index contributed by atoms with van der Waals surface area (Å²) >= 11 is 0. The molecule has 0 saturated heterocycles. The molecule has 6 heteroatoms. The van der Waals surface area contributed by atoms with Gasteiger partial charge in [-0.1, -0.05) is 42.5 Å². The summed E-state index contributed by atoms with van der Waals surface area (Å²) < 4.78 is 5.14. The van der Waals surface area contributed by atoms with Crippen molar-refractivity contribution in [2.45, 2.75) is 19.5 Å². The third-order valence-corrected chi connectivity index (χ3v) is 3.65. The van der Waals surface area contributed by atoms with Crippen LogP contribution < -0.4 is 10.1 Å². The number of carbonyl (C=O) groups is 2. The van der Waals surface area contributed by atoms with Crippen LogP contribution in [0, 0.1) is 0 Å². The topological polar surface area (TPSA) is 78.9 Å². The molecule has 2 aromatic rings. The number of aliphatic carboxylic acids is 1. The molecule has 0 aliphatic rings. The molecule has 0 spiro atoms. The number of amides is 2. The highest BCUT2D eigenvalue weighted by molar-refractivity contribution is 5.75. The molecule has 6 nitrogen and oxygen atoms in total. The fraction of sp³-hybridized carbons (Fsp3) is 0.263. The second-order valence-electron chi connectivity index (χ2n) is 5.57. The first-order valence-electron chi connectivity index (χ1n) is 8.00. The van der Waals surface area contributed by atoms with Crippen LogP contribution in [-0.2, 0) is 17.9 Å². The van der Waals surface area contributed by atoms with Gasteiger partial charge in [-0.25, -0.2) is 4.79 Å². The minimum absolute atomic E-state index is 0.0993. The fourth-order valence-electron chi connectivity index (χ4n) is 2.34. The maximum Gasteiger partial charge on any atom is 0.318 e. The van der Waals surface area contributed by atoms with Gasteiger partial charge in [-0.3, -0.25) is 4.79 Å². The van der Waals surface area contributed by atoms with Crippen LogP contribution in [0.3, 0.4) is 0 Å². The van der Waals surface area contributed by atoms with Crippen LogP contribution >= 0.6 is 0 Å². The van der Waals surface area contributed by atoms with E-state index in [-0.39, 0.29) is 19.0 Å². The van der Waals surface area contributed by atoms with Crippen molar-refractivity contribution >= 4 is 12.0 Å². The lowest BCUT2D eigenvalue weighted by Gasteiger charge is -2.23. The number of nitrogens with one attached hydrogen (secondary N) is 1. The van der Waals surface area contributed by atoms with E-state index in [0.717, 1.165) is 16.9 Å². The Morgan fingerprint density at radius 3 is 2.16 bits per heavy atom. The SMILES string of the molecule is COc1ccc(CN(Cc2ccccc2)C(=O)NCCC(=O)O)cc1. The molecule has 0 radical (unpaired) electrons. The molecule has 2 rings (SSSR count). The molecule has 0 aromatic heterocycles. The fourth-order valence-corrected chi connectivity index (χ4v) is 2.34. The van der Waals surface area contributed by atoms with Crippen LogP contribution in [0.25, 0.3) is 0 Å². The van der Waals surface area contributed by atoms with Gasteiger partial charge in [-0.2, -0.15) is 0 Å². The van der Waals surface area contributed by atoms with Crippen LogP contribution in [-0.4, -0.2) is 35.7 Å². The highest BCUT2D eigenvalue weighted by Gasteiger charge is 2.15. The number of urea groups is 1. The second kappa shape index (κ2) is 9.32. The number of hydrogen-bond acceptors (Lipinski definition) is 3. The van der Waals surface area contributed by atoms with E-state index in [0.29, 0.717) is 13.1 Å². The molecule has 25 heavy (non-hydrogen) atoms. The molecule has 0 atom stereocenters. The van der Waals surface area contributed by atoms with Gasteiger partial charge in [0.25, 0.3) is 0 Å². The van der Waals surface area contributed by atoms with E-state index < -0.39 is 5.97 Å². The number of carbonyl (C=O) groups excluding carboxylic acids is 1. The van der Waals surface area contributed by atoms with Gasteiger partial charge in [0.05, 0.1) is 13.5 Å². The summed E-state index contributed by atoms with van der Waals surface area (Å²) in [7, 11) is 1.60. The summed E-state index contributed by atoms with van der Waals surface area (Å²) in [6.07, 6.45) is -0.104. The summed E-state index contributed by atoms with van der Waals surface area (Å²) in [5.41, 5.74) is 1.97. The van der Waals surface area contributed by atoms with Crippen molar-refractivity contribution in [1.29, 1.82) is 0 Å². The van der Waals surface area contributed by atoms with Crippen LogP contribution in [0.2, 0.25) is 0 Å². The first-order valence-corrected chi connectivity index (χ1v) is 8.00. The van der Waals surface area contributed by atoms with Crippen LogP contribution in [0.1, 0.15) is 17.5 Å². The average molecular weight is 342 g/mol. The van der Waals surface area contributed by atoms with Crippen molar-refractivity contribution in [2.75, 3.05) is 13.7 Å². The van der Waals surface area contributed by atoms with Crippen molar-refractivity contribution in [3.05, 3.63) is 65.7 Å². The number of ether oxygens (including phenoxy) is 1. The molecule has 0 unspecified atom stereocenters. The van der Waals surface area contributed by atoms with E-state index >= 15 is 0 Å². The molecule has 2 aromatic carbocycles. The van der Waals surface area contributed by atoms with E-state index in [1.165, 1.54) is 0 Å². The quantitative estimate of drug-likeness (QED) is 0.773. The Bertz CT molecular complexity index is 686. The molecule has 132 valence electrons. The van der Waals surface area contributed by atoms with Gasteiger partial charge in [0.1, 0.15) is 5.75 Å². The number of methoxy groups -OCH3 is 1. The lowest BCUT2D eigenvalue weighted by atomic mass is 10.1. The average Bonchev–Trinajstić information content (AvgIpc) is 2.62. The first-order chi connectivity index (χ1) is 12.1. The number of rotatable bonds is 8. The van der Waals surface area contributed by atoms with E-state index in [9.17, 15) is 9.59 Å². The standard InChI is InChI=1S/C19H22N2O4/c1-25-17-9-7-16(8-10-17)14-21(13-15-5-3-2-4-6-15)19(24)20-12-11-18(22)23/h2-10H,11-14H2,1H3,(H,20,24)(H,22,23). The van der Waals surface area contributed by atoms with Gasteiger partial charge >= 0.3 is 12.0 Å². The van der Waals surface area contributed by atoms with E-state index in [4.69, 9.17) is 9.84 Å². The van der Waals surface area contributed by atoms with Crippen molar-refractivity contribution in [1.82, 2.24) is 10.2 Å². The van der Waals surface area contributed by atoms with Crippen LogP contribution in [0.4, 0.5) is 4.79 Å². The summed E-state index contributed by atoms with van der Waals surface area (Å²) in [6, 6.07) is 16.9. The van der Waals surface area contributed by atoms with Gasteiger partial charge in [0.2, 0.25) is 0 Å². The lowest BCUT2D eigenvalue weighted by Crippen LogP contribution is -2.39. The zero-order valence-corrected chi connectivity index (χ0v) is 14.1. The maximum absolute atomic E-state index is 12.5. The Balaban J connectivity index is 2.06. The zero-order chi connectivity index (χ0) is 18.1. The monoisotopic (exact) mass is 342 g/mol. The highest BCUT2D eigenvalue weighted by Crippen LogP contribution is 2.15. The number of benzene rings is 2. The second-order valence-corrected chi connectivity index (χ2v) is 5.57. The van der Waals surface area contributed by atoms with Gasteiger partial charge in [-0.05, 0) is 23.3 Å². The lowest BCUT2D eigenvalue weighted by molar-refractivity contribution is -0.136. The Kier molecular flexibility index (Phi) is 6.83. The normalized spacial score (nSPS) is 10.1. The largest absolute Gasteiger partial charge is 0.497 e. The molecule has 0 heterocycles. The molecule has 0 saturated carbocycles. The van der Waals surface area contributed by atoms with Crippen LogP contribution in [0.15, 0.2) is 54.6 Å². The molecule has 0 aliphatic heterocycles. The number of nitrogens with zero attached hydrogens (tertiary/aromatic N) is 1. The molecule has 2 N–H and O–H groups in total. The van der Waals surface area contributed by atoms with Crippen molar-refractivity contribution in [2.24, 2.45) is 0 Å². The summed E-state index contributed by atoms with van der Waals surface area (Å²) in [5, 5.41) is 11.4. The van der Waals surface area contributed by atoms with Crippen molar-refractivity contribution < 1.29 is 19.4 Å². The number of carboxylic acids is 1. The minimum Gasteiger partial charge on any atom is -0.497 e. The number of carboxylic acid groups (broad SMARTS) is 1. The minimum atomic E-state index is -0.940. The predicted octanol–water partition coefficient (Wildman–Crippen LogP) is 2.88. The Labute approximate surface area is 147 Å². The molecular formula is C19H22N2O4. The van der Waals surface area contributed by atoms with Gasteiger partial charge in [0.15, 0.2) is 0 Å². The highest BCUT2D eigenvalue weighted by atomic mass is 16.5. The molecule has 0 fully saturated rings. The Morgan fingerprint density at radius 1 is 1.00 bits per heavy atom. The predicted molar refractivity (Wildman–Crippen MR) is 94.3 cm³/mol. The third kappa shape index (κ3) is 6.18. The van der Waals surface area contributed by atoms with E-state index in [1.54, 1.807) is 12.0 Å². The molecule has 0 bridgehead atoms. The van der Waals surface area contributed by atoms with Crippen molar-refractivity contribution in [3.8, 4) is 5.75 Å². The number of hydrogen-bond donors (Lipinski definition) is 2. The van der Waals surface area contributed by atoms with Gasteiger partial charge < -0.3 is 20.1 Å². The summed E-state index contributed by atoms with van der Waals surface area (Å²) in [6.45, 7) is 0.950. The van der Waals surface area contributed by atoms with Crippen molar-refractivity contribution in [3.63, 3.8) is 0 Å². The van der Waals surface area contributed by atoms with E-state index in [2.05, 4.69) is 5.32 Å². The molecule has 0 aliphatic carbocycles. The third-order valence-electron chi connectivity index (χ3n) is 3.65. The summed E-state index contributed by atoms with van der Waals surface area (Å²) in [5.74, 6) is -0.186. The Hall–Kier alpha value is -3.02. The zero-order valence-electron chi connectivity index (χ0n) is 14.1. The molecular weight excluding hydrogens is 320 g/mol. The van der Waals surface area contributed by atoms with Gasteiger partial charge in [-0.15, -0.1) is 0 Å². The summed E-state index contributed by atoms with van der Waals surface area (Å²) in [4.78, 5) is 24.7. The first kappa shape index (κ1) is 18.3. The maximum atomic E-state index is 12.5. The van der Waals surface area contributed by atoms with Crippen LogP contribution in [0.5, 0.6) is 5.75 Å².